The molecule has 1 aliphatic carbocycles. The van der Waals surface area contributed by atoms with E-state index in [1.165, 1.54) is 12.0 Å². The minimum atomic E-state index is -1.22. The third-order valence-corrected chi connectivity index (χ3v) is 7.53. The van der Waals surface area contributed by atoms with E-state index in [1.807, 2.05) is 6.07 Å². The number of aliphatic hydroxyl groups excluding tert-OH is 3. The second-order valence-corrected chi connectivity index (χ2v) is 10.1. The van der Waals surface area contributed by atoms with Crippen LogP contribution in [0.2, 0.25) is 0 Å². The van der Waals surface area contributed by atoms with Gasteiger partial charge in [-0.1, -0.05) is 12.1 Å². The molecule has 0 spiro atoms. The Bertz CT molecular complexity index is 1360. The lowest BCUT2D eigenvalue weighted by molar-refractivity contribution is -0.138. The lowest BCUT2D eigenvalue weighted by Gasteiger charge is -2.40. The molecule has 0 fully saturated rings. The van der Waals surface area contributed by atoms with E-state index in [0.29, 0.717) is 40.5 Å². The third-order valence-electron chi connectivity index (χ3n) is 7.53. The predicted molar refractivity (Wildman–Crippen MR) is 147 cm³/mol. The normalized spacial score (nSPS) is 21.7. The number of aliphatic hydroxyl groups is 3. The minimum Gasteiger partial charge on any atom is -0.493 e. The van der Waals surface area contributed by atoms with Crippen molar-refractivity contribution in [2.45, 2.75) is 50.2 Å². The Labute approximate surface area is 237 Å². The van der Waals surface area contributed by atoms with Gasteiger partial charge in [0.2, 0.25) is 18.6 Å². The molecule has 0 unspecified atom stereocenters. The molecule has 0 saturated heterocycles. The van der Waals surface area contributed by atoms with E-state index in [1.54, 1.807) is 36.4 Å². The molecule has 4 atom stereocenters. The van der Waals surface area contributed by atoms with E-state index >= 15 is 0 Å². The SMILES string of the molecule is C=CCCC(=O)N(Cc1ccc2c(c1)OCO2)[C@@H]1C=C(C(=O)NCCO)[C@@H]2c3cc(CO)cc(OC)c3O[C@@H]2[C@H]1O. The van der Waals surface area contributed by atoms with Crippen LogP contribution >= 0.6 is 0 Å². The van der Waals surface area contributed by atoms with E-state index in [-0.39, 0.29) is 51.0 Å². The summed E-state index contributed by atoms with van der Waals surface area (Å²) in [6, 6.07) is 7.81. The number of fused-ring (bicyclic) bond motifs is 4. The molecule has 2 amide bonds. The van der Waals surface area contributed by atoms with Crippen molar-refractivity contribution in [1.29, 1.82) is 0 Å². The Morgan fingerprint density at radius 2 is 1.98 bits per heavy atom. The summed E-state index contributed by atoms with van der Waals surface area (Å²) in [5.41, 5.74) is 2.17. The Balaban J connectivity index is 1.57. The highest BCUT2D eigenvalue weighted by molar-refractivity contribution is 5.96. The van der Waals surface area contributed by atoms with Crippen molar-refractivity contribution in [1.82, 2.24) is 10.2 Å². The largest absolute Gasteiger partial charge is 0.493 e. The van der Waals surface area contributed by atoms with Crippen molar-refractivity contribution in [2.75, 3.05) is 27.1 Å². The first kappa shape index (κ1) is 28.5. The van der Waals surface area contributed by atoms with Crippen LogP contribution in [0.3, 0.4) is 0 Å². The second kappa shape index (κ2) is 12.2. The van der Waals surface area contributed by atoms with Crippen LogP contribution in [0.15, 0.2) is 54.6 Å². The Kier molecular flexibility index (Phi) is 8.48. The first-order chi connectivity index (χ1) is 19.9. The molecule has 41 heavy (non-hydrogen) atoms. The Hall–Kier alpha value is -4.06. The number of nitrogens with one attached hydrogen (secondary N) is 1. The van der Waals surface area contributed by atoms with Crippen molar-refractivity contribution in [3.05, 3.63) is 71.3 Å². The summed E-state index contributed by atoms with van der Waals surface area (Å²) in [6.45, 7) is 3.45. The smallest absolute Gasteiger partial charge is 0.247 e. The van der Waals surface area contributed by atoms with E-state index in [2.05, 4.69) is 11.9 Å². The van der Waals surface area contributed by atoms with Gasteiger partial charge in [0, 0.05) is 30.6 Å². The van der Waals surface area contributed by atoms with Gasteiger partial charge in [0.25, 0.3) is 0 Å². The quantitative estimate of drug-likeness (QED) is 0.297. The van der Waals surface area contributed by atoms with Crippen LogP contribution in [0.4, 0.5) is 0 Å². The van der Waals surface area contributed by atoms with Gasteiger partial charge in [-0.15, -0.1) is 6.58 Å². The highest BCUT2D eigenvalue weighted by Crippen LogP contribution is 2.51. The van der Waals surface area contributed by atoms with E-state index in [9.17, 15) is 24.9 Å². The number of amides is 2. The van der Waals surface area contributed by atoms with Crippen LogP contribution in [0, 0.1) is 0 Å². The van der Waals surface area contributed by atoms with Crippen LogP contribution in [0.1, 0.15) is 35.4 Å². The minimum absolute atomic E-state index is 0.0215. The average Bonchev–Trinajstić information content (AvgIpc) is 3.62. The topological polar surface area (TPSA) is 147 Å². The molecule has 4 N–H and O–H groups in total. The van der Waals surface area contributed by atoms with Gasteiger partial charge < -0.3 is 44.5 Å². The maximum Gasteiger partial charge on any atom is 0.247 e. The van der Waals surface area contributed by atoms with Crippen LogP contribution < -0.4 is 24.3 Å². The number of benzene rings is 2. The zero-order chi connectivity index (χ0) is 29.1. The average molecular weight is 567 g/mol. The van der Waals surface area contributed by atoms with E-state index < -0.39 is 30.1 Å². The molecule has 0 aromatic heterocycles. The summed E-state index contributed by atoms with van der Waals surface area (Å²) in [4.78, 5) is 28.6. The number of ether oxygens (including phenoxy) is 4. The molecule has 2 heterocycles. The number of hydrogen-bond acceptors (Lipinski definition) is 9. The lowest BCUT2D eigenvalue weighted by Crippen LogP contribution is -2.55. The van der Waals surface area contributed by atoms with Gasteiger partial charge in [-0.25, -0.2) is 0 Å². The summed E-state index contributed by atoms with van der Waals surface area (Å²) in [7, 11) is 1.47. The van der Waals surface area contributed by atoms with Crippen LogP contribution in [-0.2, 0) is 22.7 Å². The van der Waals surface area contributed by atoms with Gasteiger partial charge in [-0.3, -0.25) is 9.59 Å². The molecule has 2 aromatic carbocycles. The Morgan fingerprint density at radius 3 is 2.71 bits per heavy atom. The van der Waals surface area contributed by atoms with Crippen molar-refractivity contribution in [3.8, 4) is 23.0 Å². The summed E-state index contributed by atoms with van der Waals surface area (Å²) >= 11 is 0. The first-order valence-corrected chi connectivity index (χ1v) is 13.5. The van der Waals surface area contributed by atoms with Crippen LogP contribution in [0.25, 0.3) is 0 Å². The molecule has 0 saturated carbocycles. The monoisotopic (exact) mass is 566 g/mol. The summed E-state index contributed by atoms with van der Waals surface area (Å²) in [6.07, 6.45) is 1.69. The summed E-state index contributed by atoms with van der Waals surface area (Å²) in [5, 5.41) is 33.6. The van der Waals surface area contributed by atoms with Gasteiger partial charge in [-0.2, -0.15) is 0 Å². The molecular formula is C30H34N2O9. The highest BCUT2D eigenvalue weighted by Gasteiger charge is 2.51. The molecule has 5 rings (SSSR count). The first-order valence-electron chi connectivity index (χ1n) is 13.5. The molecule has 218 valence electrons. The van der Waals surface area contributed by atoms with Gasteiger partial charge in [0.1, 0.15) is 12.2 Å². The predicted octanol–water partition coefficient (Wildman–Crippen LogP) is 1.53. The number of carbonyl (C=O) groups excluding carboxylic acids is 2. The fraction of sp³-hybridized carbons (Fsp3) is 0.400. The number of carbonyl (C=O) groups is 2. The number of nitrogens with zero attached hydrogens (tertiary/aromatic N) is 1. The molecule has 0 bridgehead atoms. The van der Waals surface area contributed by atoms with Crippen LogP contribution in [-0.4, -0.2) is 77.3 Å². The maximum absolute atomic E-state index is 13.6. The van der Waals surface area contributed by atoms with Gasteiger partial charge >= 0.3 is 0 Å². The summed E-state index contributed by atoms with van der Waals surface area (Å²) < 4.78 is 22.7. The van der Waals surface area contributed by atoms with Crippen molar-refractivity contribution < 1.29 is 43.9 Å². The number of allylic oxidation sites excluding steroid dienone is 1. The highest BCUT2D eigenvalue weighted by atomic mass is 16.7. The molecule has 3 aliphatic rings. The molecule has 0 radical (unpaired) electrons. The zero-order valence-electron chi connectivity index (χ0n) is 22.7. The maximum atomic E-state index is 13.6. The number of methoxy groups -OCH3 is 1. The van der Waals surface area contributed by atoms with Crippen molar-refractivity contribution in [2.24, 2.45) is 0 Å². The van der Waals surface area contributed by atoms with Crippen molar-refractivity contribution in [3.63, 3.8) is 0 Å². The fourth-order valence-corrected chi connectivity index (χ4v) is 5.58. The molecule has 2 aromatic rings. The van der Waals surface area contributed by atoms with Gasteiger partial charge in [0.05, 0.1) is 32.3 Å². The standard InChI is InChI=1S/C30H34N2O9/c1-3-4-5-25(35)32(14-17-6-7-22-23(11-17)40-16-39-22)21-13-20(30(37)31-8-9-33)26-19-10-18(15-34)12-24(38-2)28(19)41-29(26)27(21)36/h3,6-7,10-13,21,26-27,29,33-34,36H,1,4-5,8-9,14-16H2,2H3,(H,31,37)/t21-,26+,27+,29+/m1/s1. The molecule has 11 nitrogen and oxygen atoms in total. The lowest BCUT2D eigenvalue weighted by atomic mass is 9.77. The van der Waals surface area contributed by atoms with Gasteiger partial charge in [-0.05, 0) is 47.9 Å². The molecule has 2 aliphatic heterocycles. The third kappa shape index (κ3) is 5.48. The molecule has 11 heteroatoms. The summed E-state index contributed by atoms with van der Waals surface area (Å²) in [5.74, 6) is 0.483. The number of hydrogen-bond donors (Lipinski definition) is 4. The van der Waals surface area contributed by atoms with Crippen molar-refractivity contribution >= 4 is 11.8 Å². The Morgan fingerprint density at radius 1 is 1.17 bits per heavy atom. The molecular weight excluding hydrogens is 532 g/mol. The number of rotatable bonds is 11. The fourth-order valence-electron chi connectivity index (χ4n) is 5.58. The second-order valence-electron chi connectivity index (χ2n) is 10.1. The zero-order valence-corrected chi connectivity index (χ0v) is 22.7. The van der Waals surface area contributed by atoms with Gasteiger partial charge in [0.15, 0.2) is 23.0 Å². The van der Waals surface area contributed by atoms with E-state index in [4.69, 9.17) is 18.9 Å². The van der Waals surface area contributed by atoms with Crippen LogP contribution in [0.5, 0.6) is 23.0 Å². The van der Waals surface area contributed by atoms with E-state index in [0.717, 1.165) is 5.56 Å².